The standard InChI is InChI=1S/C10H18N2O3/c1-7(2)8-5-12(4-3-10(14)15)6-9(13)11-8/h7-8H,3-6H2,1-2H3,(H,11,13)(H,14,15). The Bertz CT molecular complexity index is 253. The molecule has 0 aromatic rings. The molecule has 1 fully saturated rings. The van der Waals surface area contributed by atoms with Crippen molar-refractivity contribution in [1.29, 1.82) is 0 Å². The average molecular weight is 214 g/mol. The number of aliphatic carboxylic acids is 1. The van der Waals surface area contributed by atoms with E-state index in [1.54, 1.807) is 0 Å². The number of carbonyl (C=O) groups excluding carboxylic acids is 1. The van der Waals surface area contributed by atoms with E-state index >= 15 is 0 Å². The van der Waals surface area contributed by atoms with Crippen molar-refractivity contribution in [3.8, 4) is 0 Å². The highest BCUT2D eigenvalue weighted by Crippen LogP contribution is 2.08. The maximum atomic E-state index is 11.3. The van der Waals surface area contributed by atoms with Crippen LogP contribution in [0.1, 0.15) is 20.3 Å². The highest BCUT2D eigenvalue weighted by molar-refractivity contribution is 5.79. The van der Waals surface area contributed by atoms with Gasteiger partial charge in [0.1, 0.15) is 0 Å². The first-order valence-corrected chi connectivity index (χ1v) is 5.22. The molecule has 0 saturated carbocycles. The number of hydrogen-bond donors (Lipinski definition) is 2. The molecule has 1 heterocycles. The van der Waals surface area contributed by atoms with E-state index in [9.17, 15) is 9.59 Å². The Balaban J connectivity index is 2.44. The second-order valence-corrected chi connectivity index (χ2v) is 4.30. The SMILES string of the molecule is CC(C)C1CN(CCC(=O)O)CC(=O)N1. The van der Waals surface area contributed by atoms with Gasteiger partial charge in [-0.2, -0.15) is 0 Å². The van der Waals surface area contributed by atoms with Crippen LogP contribution in [0.3, 0.4) is 0 Å². The van der Waals surface area contributed by atoms with Crippen LogP contribution in [0, 0.1) is 5.92 Å². The van der Waals surface area contributed by atoms with Gasteiger partial charge in [0, 0.05) is 19.1 Å². The fourth-order valence-electron chi connectivity index (χ4n) is 1.65. The molecule has 15 heavy (non-hydrogen) atoms. The van der Waals surface area contributed by atoms with Crippen LogP contribution in [0.25, 0.3) is 0 Å². The lowest BCUT2D eigenvalue weighted by Crippen LogP contribution is -2.56. The summed E-state index contributed by atoms with van der Waals surface area (Å²) in [4.78, 5) is 23.6. The van der Waals surface area contributed by atoms with E-state index in [4.69, 9.17) is 5.11 Å². The van der Waals surface area contributed by atoms with Gasteiger partial charge in [0.25, 0.3) is 0 Å². The number of rotatable bonds is 4. The van der Waals surface area contributed by atoms with Gasteiger partial charge in [0.2, 0.25) is 5.91 Å². The van der Waals surface area contributed by atoms with E-state index in [1.165, 1.54) is 0 Å². The lowest BCUT2D eigenvalue weighted by atomic mass is 10.0. The minimum atomic E-state index is -0.818. The van der Waals surface area contributed by atoms with Crippen molar-refractivity contribution in [2.24, 2.45) is 5.92 Å². The summed E-state index contributed by atoms with van der Waals surface area (Å²) in [5, 5.41) is 11.5. The summed E-state index contributed by atoms with van der Waals surface area (Å²) in [7, 11) is 0. The van der Waals surface area contributed by atoms with Crippen molar-refractivity contribution in [1.82, 2.24) is 10.2 Å². The van der Waals surface area contributed by atoms with Gasteiger partial charge >= 0.3 is 5.97 Å². The fourth-order valence-corrected chi connectivity index (χ4v) is 1.65. The van der Waals surface area contributed by atoms with E-state index in [2.05, 4.69) is 5.32 Å². The summed E-state index contributed by atoms with van der Waals surface area (Å²) < 4.78 is 0. The van der Waals surface area contributed by atoms with Gasteiger partial charge in [-0.3, -0.25) is 14.5 Å². The maximum absolute atomic E-state index is 11.3. The number of nitrogens with one attached hydrogen (secondary N) is 1. The van der Waals surface area contributed by atoms with Crippen molar-refractivity contribution in [3.63, 3.8) is 0 Å². The summed E-state index contributed by atoms with van der Waals surface area (Å²) in [6.07, 6.45) is 0.0953. The van der Waals surface area contributed by atoms with Crippen LogP contribution >= 0.6 is 0 Å². The second kappa shape index (κ2) is 5.11. The minimum Gasteiger partial charge on any atom is -0.481 e. The Hall–Kier alpha value is -1.10. The van der Waals surface area contributed by atoms with Gasteiger partial charge in [-0.1, -0.05) is 13.8 Å². The number of carboxylic acid groups (broad SMARTS) is 1. The van der Waals surface area contributed by atoms with E-state index in [1.807, 2.05) is 18.7 Å². The van der Waals surface area contributed by atoms with Gasteiger partial charge in [-0.25, -0.2) is 0 Å². The molecule has 1 amide bonds. The highest BCUT2D eigenvalue weighted by atomic mass is 16.4. The van der Waals surface area contributed by atoms with Crippen LogP contribution in [0.5, 0.6) is 0 Å². The molecular formula is C10H18N2O3. The van der Waals surface area contributed by atoms with Crippen molar-refractivity contribution in [3.05, 3.63) is 0 Å². The fraction of sp³-hybridized carbons (Fsp3) is 0.800. The van der Waals surface area contributed by atoms with Gasteiger partial charge in [0.15, 0.2) is 0 Å². The highest BCUT2D eigenvalue weighted by Gasteiger charge is 2.26. The number of carboxylic acids is 1. The van der Waals surface area contributed by atoms with Crippen LogP contribution < -0.4 is 5.32 Å². The number of carbonyl (C=O) groups is 2. The Kier molecular flexibility index (Phi) is 4.08. The van der Waals surface area contributed by atoms with Crippen LogP contribution in [0.2, 0.25) is 0 Å². The van der Waals surface area contributed by atoms with E-state index in [0.29, 0.717) is 19.0 Å². The van der Waals surface area contributed by atoms with Gasteiger partial charge < -0.3 is 10.4 Å². The minimum absolute atomic E-state index is 0.00895. The zero-order chi connectivity index (χ0) is 11.4. The normalized spacial score (nSPS) is 22.9. The molecule has 0 radical (unpaired) electrons. The maximum Gasteiger partial charge on any atom is 0.304 e. The third-order valence-corrected chi connectivity index (χ3v) is 2.62. The first kappa shape index (κ1) is 12.0. The lowest BCUT2D eigenvalue weighted by molar-refractivity contribution is -0.138. The Labute approximate surface area is 89.4 Å². The van der Waals surface area contributed by atoms with Crippen molar-refractivity contribution in [2.45, 2.75) is 26.3 Å². The summed E-state index contributed by atoms with van der Waals surface area (Å²) >= 11 is 0. The molecule has 2 N–H and O–H groups in total. The summed E-state index contributed by atoms with van der Waals surface area (Å²) in [6, 6.07) is 0.139. The molecule has 1 aliphatic heterocycles. The molecule has 0 aromatic heterocycles. The zero-order valence-corrected chi connectivity index (χ0v) is 9.19. The molecule has 5 heteroatoms. The first-order chi connectivity index (χ1) is 6.99. The van der Waals surface area contributed by atoms with Crippen LogP contribution in [-0.2, 0) is 9.59 Å². The topological polar surface area (TPSA) is 69.6 Å². The molecule has 0 aromatic carbocycles. The monoisotopic (exact) mass is 214 g/mol. The smallest absolute Gasteiger partial charge is 0.304 e. The van der Waals surface area contributed by atoms with Gasteiger partial charge in [0.05, 0.1) is 13.0 Å². The first-order valence-electron chi connectivity index (χ1n) is 5.22. The molecule has 1 unspecified atom stereocenters. The largest absolute Gasteiger partial charge is 0.481 e. The van der Waals surface area contributed by atoms with E-state index < -0.39 is 5.97 Å². The molecule has 1 saturated heterocycles. The zero-order valence-electron chi connectivity index (χ0n) is 9.19. The molecule has 1 rings (SSSR count). The van der Waals surface area contributed by atoms with Gasteiger partial charge in [-0.05, 0) is 5.92 Å². The Morgan fingerprint density at radius 2 is 2.33 bits per heavy atom. The molecule has 0 spiro atoms. The van der Waals surface area contributed by atoms with E-state index in [-0.39, 0.29) is 18.4 Å². The van der Waals surface area contributed by atoms with Crippen molar-refractivity contribution < 1.29 is 14.7 Å². The lowest BCUT2D eigenvalue weighted by Gasteiger charge is -2.34. The molecule has 0 bridgehead atoms. The molecule has 1 atom stereocenters. The molecule has 0 aliphatic carbocycles. The number of hydrogen-bond acceptors (Lipinski definition) is 3. The predicted molar refractivity (Wildman–Crippen MR) is 55.5 cm³/mol. The second-order valence-electron chi connectivity index (χ2n) is 4.30. The van der Waals surface area contributed by atoms with Crippen LogP contribution in [-0.4, -0.2) is 47.6 Å². The summed E-state index contributed by atoms with van der Waals surface area (Å²) in [6.45, 7) is 5.61. The predicted octanol–water partition coefficient (Wildman–Crippen LogP) is -0.0825. The number of nitrogens with zero attached hydrogens (tertiary/aromatic N) is 1. The summed E-state index contributed by atoms with van der Waals surface area (Å²) in [5.41, 5.74) is 0. The third kappa shape index (κ3) is 3.87. The van der Waals surface area contributed by atoms with E-state index in [0.717, 1.165) is 6.54 Å². The number of amides is 1. The summed E-state index contributed by atoms with van der Waals surface area (Å²) in [5.74, 6) is -0.450. The van der Waals surface area contributed by atoms with Crippen molar-refractivity contribution >= 4 is 11.9 Å². The Morgan fingerprint density at radius 3 is 2.87 bits per heavy atom. The number of piperazine rings is 1. The van der Waals surface area contributed by atoms with Crippen molar-refractivity contribution in [2.75, 3.05) is 19.6 Å². The molecule has 86 valence electrons. The quantitative estimate of drug-likeness (QED) is 0.686. The molecular weight excluding hydrogens is 196 g/mol. The molecule has 5 nitrogen and oxygen atoms in total. The van der Waals surface area contributed by atoms with Gasteiger partial charge in [-0.15, -0.1) is 0 Å². The van der Waals surface area contributed by atoms with Crippen LogP contribution in [0.15, 0.2) is 0 Å². The average Bonchev–Trinajstić information content (AvgIpc) is 2.13. The molecule has 1 aliphatic rings. The third-order valence-electron chi connectivity index (χ3n) is 2.62. The van der Waals surface area contributed by atoms with Crippen LogP contribution in [0.4, 0.5) is 0 Å². The Morgan fingerprint density at radius 1 is 1.67 bits per heavy atom.